The maximum atomic E-state index is 14.5. The van der Waals surface area contributed by atoms with Crippen LogP contribution >= 0.6 is 11.6 Å². The smallest absolute Gasteiger partial charge is 0.320 e. The number of aryl methyl sites for hydroxylation is 1. The fraction of sp³-hybridized carbons (Fsp3) is 0.231. The van der Waals surface area contributed by atoms with Crippen LogP contribution in [0.1, 0.15) is 29.3 Å². The van der Waals surface area contributed by atoms with Gasteiger partial charge in [0.15, 0.2) is 5.92 Å². The Morgan fingerprint density at radius 2 is 1.91 bits per heavy atom. The number of aromatic amines is 1. The zero-order chi connectivity index (χ0) is 24.9. The highest BCUT2D eigenvalue weighted by Crippen LogP contribution is 2.54. The van der Waals surface area contributed by atoms with Gasteiger partial charge in [0.1, 0.15) is 11.2 Å². The number of esters is 1. The molecule has 178 valence electrons. The number of aromatic nitrogens is 1. The molecule has 2 aromatic carbocycles. The molecular weight excluding hydrogens is 470 g/mol. The van der Waals surface area contributed by atoms with Crippen molar-refractivity contribution >= 4 is 35.1 Å². The summed E-state index contributed by atoms with van der Waals surface area (Å²) in [6, 6.07) is 15.6. The van der Waals surface area contributed by atoms with Gasteiger partial charge in [0.05, 0.1) is 18.7 Å². The summed E-state index contributed by atoms with van der Waals surface area (Å²) in [6.07, 6.45) is 0. The normalized spacial score (nSPS) is 20.4. The zero-order valence-electron chi connectivity index (χ0n) is 19.1. The Morgan fingerprint density at radius 3 is 2.63 bits per heavy atom. The third-order valence-corrected chi connectivity index (χ3v) is 6.67. The van der Waals surface area contributed by atoms with E-state index in [4.69, 9.17) is 26.5 Å². The van der Waals surface area contributed by atoms with Gasteiger partial charge in [-0.1, -0.05) is 41.9 Å². The van der Waals surface area contributed by atoms with Crippen molar-refractivity contribution in [3.63, 3.8) is 0 Å². The van der Waals surface area contributed by atoms with Crippen molar-refractivity contribution in [2.45, 2.75) is 25.8 Å². The number of amides is 1. The standard InChI is InChI=1S/C26H22ClN3O5/c1-3-34-24(32)21-22(28)35-19-12-14(2)29-23(31)20(19)26(21)17-6-4-5-7-18(17)30(25(26)33)13-15-8-10-16(27)11-9-15/h4-12,21,28H,3,13H2,1-2H3,(H,29,31). The maximum absolute atomic E-state index is 14.5. The molecule has 0 aliphatic carbocycles. The number of pyridine rings is 1. The summed E-state index contributed by atoms with van der Waals surface area (Å²) in [7, 11) is 0. The van der Waals surface area contributed by atoms with E-state index in [-0.39, 0.29) is 24.5 Å². The van der Waals surface area contributed by atoms with Crippen LogP contribution in [0.2, 0.25) is 5.02 Å². The van der Waals surface area contributed by atoms with E-state index < -0.39 is 34.7 Å². The number of nitrogens with one attached hydrogen (secondary N) is 2. The van der Waals surface area contributed by atoms with Crippen molar-refractivity contribution in [1.29, 1.82) is 5.41 Å². The van der Waals surface area contributed by atoms with Crippen LogP contribution in [0.5, 0.6) is 5.75 Å². The lowest BCUT2D eigenvalue weighted by Crippen LogP contribution is -2.58. The van der Waals surface area contributed by atoms with Gasteiger partial charge in [-0.15, -0.1) is 0 Å². The number of halogens is 1. The first-order valence-electron chi connectivity index (χ1n) is 11.1. The number of H-pyrrole nitrogens is 1. The first-order valence-corrected chi connectivity index (χ1v) is 11.5. The van der Waals surface area contributed by atoms with Crippen LogP contribution < -0.4 is 15.2 Å². The van der Waals surface area contributed by atoms with E-state index in [1.807, 2.05) is 12.1 Å². The molecule has 2 N–H and O–H groups in total. The molecule has 2 aliphatic rings. The van der Waals surface area contributed by atoms with Crippen molar-refractivity contribution in [3.8, 4) is 5.75 Å². The molecule has 1 aromatic heterocycles. The second kappa shape index (κ2) is 8.39. The second-order valence-electron chi connectivity index (χ2n) is 8.52. The minimum absolute atomic E-state index is 0.00629. The van der Waals surface area contributed by atoms with Crippen LogP contribution in [0.3, 0.4) is 0 Å². The average Bonchev–Trinajstić information content (AvgIpc) is 3.03. The summed E-state index contributed by atoms with van der Waals surface area (Å²) < 4.78 is 11.0. The summed E-state index contributed by atoms with van der Waals surface area (Å²) in [4.78, 5) is 45.4. The fourth-order valence-electron chi connectivity index (χ4n) is 5.07. The summed E-state index contributed by atoms with van der Waals surface area (Å²) in [5, 5.41) is 9.20. The van der Waals surface area contributed by atoms with Crippen LogP contribution in [-0.4, -0.2) is 29.4 Å². The van der Waals surface area contributed by atoms with Crippen LogP contribution in [0.15, 0.2) is 59.4 Å². The monoisotopic (exact) mass is 491 g/mol. The SMILES string of the molecule is CCOC(=O)C1C(=N)Oc2cc(C)[nH]c(=O)c2C12C(=O)N(Cc1ccc(Cl)cc1)c1ccccc12. The predicted molar refractivity (Wildman–Crippen MR) is 130 cm³/mol. The topological polar surface area (TPSA) is 113 Å². The van der Waals surface area contributed by atoms with Gasteiger partial charge in [0, 0.05) is 22.5 Å². The van der Waals surface area contributed by atoms with Crippen LogP contribution in [0, 0.1) is 18.3 Å². The summed E-state index contributed by atoms with van der Waals surface area (Å²) in [6.45, 7) is 3.53. The molecule has 8 nitrogen and oxygen atoms in total. The quantitative estimate of drug-likeness (QED) is 0.540. The van der Waals surface area contributed by atoms with Gasteiger partial charge in [-0.05, 0) is 43.2 Å². The number of benzene rings is 2. The number of ether oxygens (including phenoxy) is 2. The third kappa shape index (κ3) is 3.36. The first kappa shape index (κ1) is 22.9. The largest absolute Gasteiger partial charge is 0.465 e. The van der Waals surface area contributed by atoms with Crippen molar-refractivity contribution in [2.75, 3.05) is 11.5 Å². The number of anilines is 1. The minimum Gasteiger partial charge on any atom is -0.465 e. The molecule has 5 rings (SSSR count). The van der Waals surface area contributed by atoms with Gasteiger partial charge in [-0.3, -0.25) is 19.8 Å². The molecule has 0 fully saturated rings. The average molecular weight is 492 g/mol. The summed E-state index contributed by atoms with van der Waals surface area (Å²) >= 11 is 6.03. The Bertz CT molecular complexity index is 1430. The molecule has 0 saturated heterocycles. The van der Waals surface area contributed by atoms with Gasteiger partial charge in [-0.25, -0.2) is 0 Å². The Labute approximate surface area is 205 Å². The molecule has 9 heteroatoms. The molecular formula is C26H22ClN3O5. The molecule has 3 heterocycles. The van der Waals surface area contributed by atoms with Gasteiger partial charge in [0.2, 0.25) is 11.8 Å². The number of nitrogens with zero attached hydrogens (tertiary/aromatic N) is 1. The molecule has 2 atom stereocenters. The molecule has 2 unspecified atom stereocenters. The van der Waals surface area contributed by atoms with E-state index in [1.54, 1.807) is 56.3 Å². The highest BCUT2D eigenvalue weighted by molar-refractivity contribution is 6.30. The van der Waals surface area contributed by atoms with E-state index in [2.05, 4.69) is 4.98 Å². The van der Waals surface area contributed by atoms with E-state index >= 15 is 0 Å². The number of carbonyl (C=O) groups excluding carboxylic acids is 2. The molecule has 1 spiro atoms. The predicted octanol–water partition coefficient (Wildman–Crippen LogP) is 3.72. The van der Waals surface area contributed by atoms with Crippen molar-refractivity contribution in [1.82, 2.24) is 4.98 Å². The van der Waals surface area contributed by atoms with E-state index in [9.17, 15) is 14.4 Å². The molecule has 0 saturated carbocycles. The molecule has 3 aromatic rings. The van der Waals surface area contributed by atoms with Crippen LogP contribution in [0.4, 0.5) is 5.69 Å². The summed E-state index contributed by atoms with van der Waals surface area (Å²) in [5.74, 6) is -3.15. The highest BCUT2D eigenvalue weighted by atomic mass is 35.5. The number of hydrogen-bond donors (Lipinski definition) is 2. The summed E-state index contributed by atoms with van der Waals surface area (Å²) in [5.41, 5.74) is -0.0821. The number of fused-ring (bicyclic) bond motifs is 4. The molecule has 0 bridgehead atoms. The lowest BCUT2D eigenvalue weighted by molar-refractivity contribution is -0.150. The van der Waals surface area contributed by atoms with Crippen LogP contribution in [-0.2, 0) is 26.3 Å². The van der Waals surface area contributed by atoms with Gasteiger partial charge >= 0.3 is 5.97 Å². The van der Waals surface area contributed by atoms with E-state index in [0.29, 0.717) is 22.0 Å². The number of hydrogen-bond acceptors (Lipinski definition) is 6. The fourth-order valence-corrected chi connectivity index (χ4v) is 5.20. The highest BCUT2D eigenvalue weighted by Gasteiger charge is 2.65. The Kier molecular flexibility index (Phi) is 5.48. The Balaban J connectivity index is 1.80. The molecule has 35 heavy (non-hydrogen) atoms. The minimum atomic E-state index is -1.82. The van der Waals surface area contributed by atoms with Crippen molar-refractivity contribution < 1.29 is 19.1 Å². The van der Waals surface area contributed by atoms with Gasteiger partial charge < -0.3 is 19.4 Å². The molecule has 1 amide bonds. The lowest BCUT2D eigenvalue weighted by atomic mass is 9.65. The lowest BCUT2D eigenvalue weighted by Gasteiger charge is -2.39. The van der Waals surface area contributed by atoms with Gasteiger partial charge in [-0.2, -0.15) is 0 Å². The Hall–Kier alpha value is -3.91. The van der Waals surface area contributed by atoms with Gasteiger partial charge in [0.25, 0.3) is 5.56 Å². The molecule has 2 aliphatic heterocycles. The van der Waals surface area contributed by atoms with Crippen LogP contribution in [0.25, 0.3) is 0 Å². The first-order chi connectivity index (χ1) is 16.8. The number of carbonyl (C=O) groups is 2. The third-order valence-electron chi connectivity index (χ3n) is 6.42. The number of rotatable bonds is 4. The number of para-hydroxylation sites is 1. The van der Waals surface area contributed by atoms with E-state index in [0.717, 1.165) is 5.56 Å². The Morgan fingerprint density at radius 1 is 1.20 bits per heavy atom. The maximum Gasteiger partial charge on any atom is 0.320 e. The zero-order valence-corrected chi connectivity index (χ0v) is 19.8. The molecule has 0 radical (unpaired) electrons. The van der Waals surface area contributed by atoms with Crippen molar-refractivity contribution in [2.24, 2.45) is 5.92 Å². The second-order valence-corrected chi connectivity index (χ2v) is 8.95. The van der Waals surface area contributed by atoms with Crippen molar-refractivity contribution in [3.05, 3.63) is 92.4 Å². The van der Waals surface area contributed by atoms with E-state index in [1.165, 1.54) is 4.90 Å².